The van der Waals surface area contributed by atoms with E-state index in [1.165, 1.54) is 130 Å². The van der Waals surface area contributed by atoms with Crippen LogP contribution in [0, 0.1) is 13.8 Å². The fraction of sp³-hybridized carbons (Fsp3) is 0.368. The number of hydrogen-bond donors (Lipinski definition) is 0. The molecule has 4 heteroatoms. The summed E-state index contributed by atoms with van der Waals surface area (Å²) in [5.41, 5.74) is 31.8. The lowest BCUT2D eigenvalue weighted by Gasteiger charge is -2.47. The molecule has 0 amide bonds. The normalized spacial score (nSPS) is 18.1. The topological polar surface area (TPSA) is 9.72 Å². The maximum absolute atomic E-state index is 2.74. The zero-order valence-electron chi connectivity index (χ0n) is 51.4. The van der Waals surface area contributed by atoms with Gasteiger partial charge >= 0.3 is 0 Å². The van der Waals surface area contributed by atoms with E-state index < -0.39 is 0 Å². The van der Waals surface area contributed by atoms with Gasteiger partial charge in [0.1, 0.15) is 0 Å². The molecule has 0 atom stereocenters. The van der Waals surface area contributed by atoms with Crippen molar-refractivity contribution in [1.82, 2.24) is 0 Å². The quantitative estimate of drug-likeness (QED) is 0.159. The first-order valence-electron chi connectivity index (χ1n) is 30.0. The van der Waals surface area contributed by atoms with Crippen LogP contribution in [0.5, 0.6) is 0 Å². The van der Waals surface area contributed by atoms with Crippen LogP contribution >= 0.6 is 0 Å². The van der Waals surface area contributed by atoms with E-state index in [1.807, 2.05) is 0 Å². The van der Waals surface area contributed by atoms with Crippen molar-refractivity contribution in [2.75, 3.05) is 14.7 Å². The summed E-state index contributed by atoms with van der Waals surface area (Å²) in [6.07, 6.45) is 3.46. The molecule has 0 unspecified atom stereocenters. The van der Waals surface area contributed by atoms with Crippen molar-refractivity contribution in [2.24, 2.45) is 0 Å². The molecule has 8 aromatic rings. The molecular weight excluding hydrogens is 966 g/mol. The summed E-state index contributed by atoms with van der Waals surface area (Å²) in [5, 5.41) is 0. The highest BCUT2D eigenvalue weighted by Crippen LogP contribution is 2.58. The largest absolute Gasteiger partial charge is 0.311 e. The minimum absolute atomic E-state index is 0.0101. The minimum Gasteiger partial charge on any atom is -0.311 e. The molecule has 5 aliphatic rings. The summed E-state index contributed by atoms with van der Waals surface area (Å²) in [6.45, 7) is 43.2. The van der Waals surface area contributed by atoms with E-state index in [1.54, 1.807) is 0 Å². The van der Waals surface area contributed by atoms with Crippen LogP contribution in [-0.2, 0) is 37.9 Å². The molecule has 2 heterocycles. The summed E-state index contributed by atoms with van der Waals surface area (Å²) in [7, 11) is 0. The molecule has 3 nitrogen and oxygen atoms in total. The van der Waals surface area contributed by atoms with Gasteiger partial charge in [0.05, 0.1) is 5.69 Å². The SMILES string of the molecule is Cc1cc2c3c(c1)N(c1cccc4c1-c1ccccc1C4(C)C)c1cc(N(c4ccc(C(C)(C)C)cc4)c4ccc(C(C)(C)C)cc4)ccc1B3c1cc3c(cc1N2c1cc2c(cc1C)C(C)(C)CCC2(C)C)C(C)(C)CC3(C)C. The van der Waals surface area contributed by atoms with Gasteiger partial charge in [-0.2, -0.15) is 0 Å². The van der Waals surface area contributed by atoms with Gasteiger partial charge in [0, 0.05) is 56.5 Å². The van der Waals surface area contributed by atoms with Crippen LogP contribution in [0.1, 0.15) is 186 Å². The number of nitrogens with zero attached hydrogens (tertiary/aromatic N) is 3. The van der Waals surface area contributed by atoms with Crippen LogP contribution in [0.2, 0.25) is 0 Å². The van der Waals surface area contributed by atoms with Crippen molar-refractivity contribution in [2.45, 2.75) is 182 Å². The second-order valence-corrected chi connectivity index (χ2v) is 30.2. The molecule has 0 radical (unpaired) electrons. The lowest BCUT2D eigenvalue weighted by molar-refractivity contribution is 0.332. The van der Waals surface area contributed by atoms with Crippen LogP contribution < -0.4 is 31.1 Å². The Bertz CT molecular complexity index is 3830. The molecule has 2 aliphatic heterocycles. The molecule has 8 aromatic carbocycles. The number of aryl methyl sites for hydroxylation is 2. The number of hydrogen-bond acceptors (Lipinski definition) is 3. The monoisotopic (exact) mass is 1050 g/mol. The van der Waals surface area contributed by atoms with E-state index in [9.17, 15) is 0 Å². The highest BCUT2D eigenvalue weighted by Gasteiger charge is 2.50. The fourth-order valence-electron chi connectivity index (χ4n) is 15.8. The highest BCUT2D eigenvalue weighted by molar-refractivity contribution is 7.00. The Balaban J connectivity index is 1.13. The average molecular weight is 1050 g/mol. The first-order valence-corrected chi connectivity index (χ1v) is 30.0. The van der Waals surface area contributed by atoms with Gasteiger partial charge in [-0.3, -0.25) is 0 Å². The van der Waals surface area contributed by atoms with Crippen molar-refractivity contribution in [1.29, 1.82) is 0 Å². The summed E-state index contributed by atoms with van der Waals surface area (Å²) < 4.78 is 0. The summed E-state index contributed by atoms with van der Waals surface area (Å²) in [6, 6.07) is 58.1. The average Bonchev–Trinajstić information content (AvgIpc) is 3.41. The molecule has 0 aromatic heterocycles. The fourth-order valence-corrected chi connectivity index (χ4v) is 15.8. The van der Waals surface area contributed by atoms with E-state index in [-0.39, 0.29) is 44.6 Å². The molecule has 0 saturated heterocycles. The third kappa shape index (κ3) is 7.80. The summed E-state index contributed by atoms with van der Waals surface area (Å²) in [4.78, 5) is 7.94. The molecule has 0 fully saturated rings. The third-order valence-corrected chi connectivity index (χ3v) is 20.2. The smallest absolute Gasteiger partial charge is 0.252 e. The van der Waals surface area contributed by atoms with Gasteiger partial charge in [-0.1, -0.05) is 190 Å². The number of benzene rings is 8. The number of rotatable bonds is 5. The van der Waals surface area contributed by atoms with Crippen molar-refractivity contribution >= 4 is 74.3 Å². The molecule has 0 N–H and O–H groups in total. The Morgan fingerprint density at radius 2 is 0.900 bits per heavy atom. The van der Waals surface area contributed by atoms with Crippen LogP contribution in [0.3, 0.4) is 0 Å². The molecular formula is C76H84BN3. The van der Waals surface area contributed by atoms with Crippen LogP contribution in [0.4, 0.5) is 51.2 Å². The summed E-state index contributed by atoms with van der Waals surface area (Å²) in [5.74, 6) is 0. The van der Waals surface area contributed by atoms with Gasteiger partial charge < -0.3 is 14.7 Å². The van der Waals surface area contributed by atoms with Gasteiger partial charge in [0.25, 0.3) is 6.71 Å². The second-order valence-electron chi connectivity index (χ2n) is 30.2. The third-order valence-electron chi connectivity index (χ3n) is 20.2. The Morgan fingerprint density at radius 3 is 1.49 bits per heavy atom. The van der Waals surface area contributed by atoms with E-state index in [0.717, 1.165) is 23.5 Å². The Labute approximate surface area is 480 Å². The van der Waals surface area contributed by atoms with E-state index >= 15 is 0 Å². The van der Waals surface area contributed by atoms with Crippen molar-refractivity contribution in [3.05, 3.63) is 201 Å². The molecule has 13 rings (SSSR count). The Hall–Kier alpha value is -6.78. The highest BCUT2D eigenvalue weighted by atomic mass is 15.2. The molecule has 0 saturated carbocycles. The zero-order valence-corrected chi connectivity index (χ0v) is 51.4. The van der Waals surface area contributed by atoms with Gasteiger partial charge in [-0.05, 0) is 210 Å². The van der Waals surface area contributed by atoms with Gasteiger partial charge in [0.2, 0.25) is 0 Å². The van der Waals surface area contributed by atoms with Crippen LogP contribution in [-0.4, -0.2) is 6.71 Å². The maximum atomic E-state index is 2.74. The maximum Gasteiger partial charge on any atom is 0.252 e. The number of anilines is 9. The Kier molecular flexibility index (Phi) is 11.3. The summed E-state index contributed by atoms with van der Waals surface area (Å²) >= 11 is 0. The predicted octanol–water partition coefficient (Wildman–Crippen LogP) is 19.1. The van der Waals surface area contributed by atoms with Gasteiger partial charge in [0.15, 0.2) is 0 Å². The van der Waals surface area contributed by atoms with E-state index in [4.69, 9.17) is 0 Å². The second kappa shape index (κ2) is 17.1. The lowest BCUT2D eigenvalue weighted by Crippen LogP contribution is -2.61. The first kappa shape index (κ1) is 52.6. The molecule has 3 aliphatic carbocycles. The van der Waals surface area contributed by atoms with Crippen molar-refractivity contribution in [3.63, 3.8) is 0 Å². The molecule has 0 bridgehead atoms. The minimum atomic E-state index is -0.171. The van der Waals surface area contributed by atoms with Gasteiger partial charge in [-0.25, -0.2) is 0 Å². The van der Waals surface area contributed by atoms with Crippen molar-refractivity contribution < 1.29 is 0 Å². The molecule has 406 valence electrons. The Morgan fingerprint density at radius 1 is 0.412 bits per heavy atom. The van der Waals surface area contributed by atoms with Crippen LogP contribution in [0.15, 0.2) is 146 Å². The van der Waals surface area contributed by atoms with Crippen molar-refractivity contribution in [3.8, 4) is 11.1 Å². The van der Waals surface area contributed by atoms with E-state index in [0.29, 0.717) is 0 Å². The lowest BCUT2D eigenvalue weighted by atomic mass is 9.33. The predicted molar refractivity (Wildman–Crippen MR) is 346 cm³/mol. The van der Waals surface area contributed by atoms with Gasteiger partial charge in [-0.15, -0.1) is 0 Å². The zero-order chi connectivity index (χ0) is 56.8. The van der Waals surface area contributed by atoms with Crippen LogP contribution in [0.25, 0.3) is 11.1 Å². The van der Waals surface area contributed by atoms with E-state index in [2.05, 4.69) is 285 Å². The molecule has 0 spiro atoms. The first-order chi connectivity index (χ1) is 37.5. The standard InChI is InChI=1S/C76H84BN3/c1-46-38-66-69-67(39-46)80(63-43-58-56(40-47(63)2)72(9,10)36-37-73(58,11)12)65-44-59-57(74(13,14)45-75(59,15)16)42-61(65)77(69)60-35-34-52(41-64(60)79(66)62-25-21-24-55-68(62)53-22-19-20-23-54(53)76(55,17)18)78(50-30-26-48(27-31-50)70(3,4)5)51-32-28-49(29-33-51)71(6,7)8/h19-35,38-44H,36-37,45H2,1-18H3. The molecule has 80 heavy (non-hydrogen) atoms. The number of fused-ring (bicyclic) bond motifs is 9.